The zero-order valence-corrected chi connectivity index (χ0v) is 16.0. The van der Waals surface area contributed by atoms with Crippen molar-refractivity contribution in [1.82, 2.24) is 19.4 Å². The van der Waals surface area contributed by atoms with Crippen molar-refractivity contribution >= 4 is 16.6 Å². The summed E-state index contributed by atoms with van der Waals surface area (Å²) in [6.07, 6.45) is 4.18. The summed E-state index contributed by atoms with van der Waals surface area (Å²) in [7, 11) is 1.33. The van der Waals surface area contributed by atoms with E-state index in [-0.39, 0.29) is 16.9 Å². The summed E-state index contributed by atoms with van der Waals surface area (Å²) in [6, 6.07) is 4.60. The Morgan fingerprint density at radius 3 is 2.62 bits per heavy atom. The van der Waals surface area contributed by atoms with E-state index < -0.39 is 12.2 Å². The third-order valence-corrected chi connectivity index (χ3v) is 4.72. The van der Waals surface area contributed by atoms with Crippen molar-refractivity contribution in [3.05, 3.63) is 63.6 Å². The van der Waals surface area contributed by atoms with Gasteiger partial charge in [-0.05, 0) is 37.1 Å². The van der Waals surface area contributed by atoms with Crippen LogP contribution in [0.3, 0.4) is 0 Å². The molecule has 0 bridgehead atoms. The zero-order valence-electron chi connectivity index (χ0n) is 16.0. The van der Waals surface area contributed by atoms with E-state index >= 15 is 0 Å². The van der Waals surface area contributed by atoms with Crippen molar-refractivity contribution < 1.29 is 18.3 Å². The predicted octanol–water partition coefficient (Wildman–Crippen LogP) is 3.39. The Hall–Kier alpha value is -3.49. The predicted molar refractivity (Wildman–Crippen MR) is 103 cm³/mol. The number of imidazole rings is 1. The van der Waals surface area contributed by atoms with Crippen molar-refractivity contribution in [2.45, 2.75) is 26.9 Å². The van der Waals surface area contributed by atoms with Gasteiger partial charge in [-0.2, -0.15) is 8.78 Å². The second-order valence-corrected chi connectivity index (χ2v) is 6.73. The lowest BCUT2D eigenvalue weighted by molar-refractivity contribution is -0.0511. The highest BCUT2D eigenvalue weighted by Crippen LogP contribution is 2.31. The first-order valence-corrected chi connectivity index (χ1v) is 8.84. The number of H-pyrrole nitrogens is 1. The highest BCUT2D eigenvalue weighted by Gasteiger charge is 2.15. The molecule has 0 unspecified atom stereocenters. The normalized spacial score (nSPS) is 11.5. The molecule has 4 rings (SSSR count). The fourth-order valence-corrected chi connectivity index (χ4v) is 3.17. The number of rotatable bonds is 5. The number of nitrogens with zero attached hydrogens (tertiary/aromatic N) is 3. The number of aromatic nitrogens is 4. The standard InChI is InChI=1S/C20H18F2N4O3/c1-10-4-18-23-12(9-26(18)8-11(10)2)5-17-24-14-7-15(28-3)16(29-20(21)22)6-13(14)19(27)25-17/h4,6-9,20H,5H2,1-3H3,(H,24,25,27). The number of aromatic amines is 1. The average Bonchev–Trinajstić information content (AvgIpc) is 3.02. The van der Waals surface area contributed by atoms with Crippen LogP contribution < -0.4 is 15.0 Å². The molecular formula is C20H18F2N4O3. The molecule has 0 amide bonds. The van der Waals surface area contributed by atoms with Crippen molar-refractivity contribution in [1.29, 1.82) is 0 Å². The molecule has 9 heteroatoms. The van der Waals surface area contributed by atoms with Crippen molar-refractivity contribution in [2.75, 3.05) is 7.11 Å². The summed E-state index contributed by atoms with van der Waals surface area (Å²) in [4.78, 5) is 24.2. The lowest BCUT2D eigenvalue weighted by Gasteiger charge is -2.11. The molecule has 29 heavy (non-hydrogen) atoms. The minimum absolute atomic E-state index is 0.0699. The number of alkyl halides is 2. The molecule has 7 nitrogen and oxygen atoms in total. The van der Waals surface area contributed by atoms with Gasteiger partial charge in [-0.1, -0.05) is 0 Å². The molecule has 0 fully saturated rings. The quantitative estimate of drug-likeness (QED) is 0.555. The highest BCUT2D eigenvalue weighted by molar-refractivity contribution is 5.81. The second kappa shape index (κ2) is 7.16. The smallest absolute Gasteiger partial charge is 0.387 e. The Kier molecular flexibility index (Phi) is 4.65. The van der Waals surface area contributed by atoms with Gasteiger partial charge in [-0.3, -0.25) is 4.79 Å². The molecule has 4 aromatic rings. The molecule has 3 aromatic heterocycles. The number of benzene rings is 1. The summed E-state index contributed by atoms with van der Waals surface area (Å²) in [5.41, 5.74) is 3.69. The third kappa shape index (κ3) is 3.63. The summed E-state index contributed by atoms with van der Waals surface area (Å²) in [5, 5.41) is 0.131. The Bertz CT molecular complexity index is 1240. The maximum Gasteiger partial charge on any atom is 0.387 e. The van der Waals surface area contributed by atoms with Crippen LogP contribution in [0.2, 0.25) is 0 Å². The first kappa shape index (κ1) is 18.9. The van der Waals surface area contributed by atoms with E-state index in [1.54, 1.807) is 0 Å². The largest absolute Gasteiger partial charge is 0.493 e. The zero-order chi connectivity index (χ0) is 20.7. The Labute approximate surface area is 163 Å². The van der Waals surface area contributed by atoms with Gasteiger partial charge in [0.2, 0.25) is 0 Å². The number of nitrogens with one attached hydrogen (secondary N) is 1. The number of hydrogen-bond acceptors (Lipinski definition) is 5. The monoisotopic (exact) mass is 400 g/mol. The Morgan fingerprint density at radius 1 is 1.10 bits per heavy atom. The molecule has 0 saturated carbocycles. The minimum atomic E-state index is -3.03. The molecule has 0 aliphatic carbocycles. The highest BCUT2D eigenvalue weighted by atomic mass is 19.3. The van der Waals surface area contributed by atoms with E-state index in [0.29, 0.717) is 17.8 Å². The van der Waals surface area contributed by atoms with E-state index in [2.05, 4.69) is 19.7 Å². The molecule has 0 spiro atoms. The van der Waals surface area contributed by atoms with Gasteiger partial charge < -0.3 is 18.9 Å². The van der Waals surface area contributed by atoms with Crippen LogP contribution in [0, 0.1) is 13.8 Å². The lowest BCUT2D eigenvalue weighted by atomic mass is 10.2. The van der Waals surface area contributed by atoms with Crippen LogP contribution in [0.1, 0.15) is 22.6 Å². The van der Waals surface area contributed by atoms with Gasteiger partial charge in [0.1, 0.15) is 11.5 Å². The maximum atomic E-state index is 12.6. The summed E-state index contributed by atoms with van der Waals surface area (Å²) in [5.74, 6) is 0.255. The first-order chi connectivity index (χ1) is 13.8. The SMILES string of the molecule is COc1cc2nc(Cc3cn4cc(C)c(C)cc4n3)[nH]c(=O)c2cc1OC(F)F. The number of aryl methyl sites for hydroxylation is 2. The van der Waals surface area contributed by atoms with E-state index in [4.69, 9.17) is 4.74 Å². The Balaban J connectivity index is 1.74. The second-order valence-electron chi connectivity index (χ2n) is 6.73. The number of pyridine rings is 1. The maximum absolute atomic E-state index is 12.6. The molecule has 1 N–H and O–H groups in total. The van der Waals surface area contributed by atoms with Gasteiger partial charge in [0.05, 0.1) is 23.7 Å². The fraction of sp³-hybridized carbons (Fsp3) is 0.250. The number of ether oxygens (including phenoxy) is 2. The number of methoxy groups -OCH3 is 1. The van der Waals surface area contributed by atoms with E-state index in [0.717, 1.165) is 22.5 Å². The van der Waals surface area contributed by atoms with Crippen LogP contribution in [-0.4, -0.2) is 33.1 Å². The lowest BCUT2D eigenvalue weighted by Crippen LogP contribution is -2.13. The molecule has 0 saturated heterocycles. The molecule has 3 heterocycles. The van der Waals surface area contributed by atoms with Crippen molar-refractivity contribution in [3.63, 3.8) is 0 Å². The summed E-state index contributed by atoms with van der Waals surface area (Å²) < 4.78 is 36.6. The van der Waals surface area contributed by atoms with Gasteiger partial charge in [0.15, 0.2) is 11.5 Å². The van der Waals surface area contributed by atoms with Gasteiger partial charge in [-0.25, -0.2) is 9.97 Å². The minimum Gasteiger partial charge on any atom is -0.493 e. The van der Waals surface area contributed by atoms with Crippen LogP contribution in [0.5, 0.6) is 11.5 Å². The van der Waals surface area contributed by atoms with Crippen molar-refractivity contribution in [2.24, 2.45) is 0 Å². The number of hydrogen-bond donors (Lipinski definition) is 1. The van der Waals surface area contributed by atoms with Crippen LogP contribution >= 0.6 is 0 Å². The molecule has 1 aromatic carbocycles. The topological polar surface area (TPSA) is 81.5 Å². The molecule has 0 atom stereocenters. The van der Waals surface area contributed by atoms with Gasteiger partial charge in [0, 0.05) is 24.9 Å². The van der Waals surface area contributed by atoms with E-state index in [1.165, 1.54) is 19.2 Å². The molecular weight excluding hydrogens is 382 g/mol. The van der Waals surface area contributed by atoms with Gasteiger partial charge >= 0.3 is 6.61 Å². The van der Waals surface area contributed by atoms with Crippen molar-refractivity contribution in [3.8, 4) is 11.5 Å². The fourth-order valence-electron chi connectivity index (χ4n) is 3.17. The number of fused-ring (bicyclic) bond motifs is 2. The van der Waals surface area contributed by atoms with Crippen LogP contribution in [0.25, 0.3) is 16.6 Å². The summed E-state index contributed by atoms with van der Waals surface area (Å²) >= 11 is 0. The van der Waals surface area contributed by atoms with E-state index in [9.17, 15) is 13.6 Å². The molecule has 0 radical (unpaired) electrons. The number of halogens is 2. The van der Waals surface area contributed by atoms with Crippen LogP contribution in [0.15, 0.2) is 35.4 Å². The van der Waals surface area contributed by atoms with Gasteiger partial charge in [-0.15, -0.1) is 0 Å². The van der Waals surface area contributed by atoms with Gasteiger partial charge in [0.25, 0.3) is 5.56 Å². The molecule has 0 aliphatic rings. The summed E-state index contributed by atoms with van der Waals surface area (Å²) in [6.45, 7) is 1.01. The molecule has 150 valence electrons. The average molecular weight is 400 g/mol. The first-order valence-electron chi connectivity index (χ1n) is 8.84. The van der Waals surface area contributed by atoms with Crippen LogP contribution in [-0.2, 0) is 6.42 Å². The third-order valence-electron chi connectivity index (χ3n) is 4.72. The molecule has 0 aliphatic heterocycles. The van der Waals surface area contributed by atoms with Crippen LogP contribution in [0.4, 0.5) is 8.78 Å². The van der Waals surface area contributed by atoms with E-state index in [1.807, 2.05) is 36.7 Å². The Morgan fingerprint density at radius 2 is 1.90 bits per heavy atom.